The minimum absolute atomic E-state index is 0.198. The molecule has 1 aliphatic rings. The van der Waals surface area contributed by atoms with Crippen molar-refractivity contribution in [1.29, 1.82) is 0 Å². The summed E-state index contributed by atoms with van der Waals surface area (Å²) in [6.07, 6.45) is 2.53. The van der Waals surface area contributed by atoms with E-state index in [2.05, 4.69) is 15.4 Å². The third kappa shape index (κ3) is 3.43. The molecule has 0 aliphatic carbocycles. The molecule has 0 saturated carbocycles. The van der Waals surface area contributed by atoms with Gasteiger partial charge in [-0.1, -0.05) is 5.16 Å². The molecule has 1 aromatic heterocycles. The molecule has 1 unspecified atom stereocenters. The van der Waals surface area contributed by atoms with E-state index in [1.54, 1.807) is 21.0 Å². The topological polar surface area (TPSA) is 67.6 Å². The highest BCUT2D eigenvalue weighted by atomic mass is 16.5. The predicted octanol–water partition coefficient (Wildman–Crippen LogP) is 3.16. The van der Waals surface area contributed by atoms with Crippen LogP contribution < -0.4 is 10.2 Å². The first-order valence-electron chi connectivity index (χ1n) is 8.20. The van der Waals surface area contributed by atoms with Gasteiger partial charge in [0.15, 0.2) is 0 Å². The molecule has 2 aromatic rings. The summed E-state index contributed by atoms with van der Waals surface area (Å²) in [7, 11) is 1.77. The van der Waals surface area contributed by atoms with Gasteiger partial charge in [-0.25, -0.2) is 0 Å². The van der Waals surface area contributed by atoms with Crippen LogP contribution in [0, 0.1) is 13.8 Å². The molecule has 0 spiro atoms. The molecule has 0 radical (unpaired) electrons. The van der Waals surface area contributed by atoms with E-state index in [1.165, 1.54) is 0 Å². The Balaban J connectivity index is 1.67. The third-order valence-electron chi connectivity index (χ3n) is 4.46. The Morgan fingerprint density at radius 3 is 2.71 bits per heavy atom. The maximum atomic E-state index is 12.3. The number of benzene rings is 1. The lowest BCUT2D eigenvalue weighted by Gasteiger charge is -2.33. The number of amides is 1. The summed E-state index contributed by atoms with van der Waals surface area (Å²) in [5, 5.41) is 6.71. The normalized spacial score (nSPS) is 17.8. The molecule has 1 aliphatic heterocycles. The van der Waals surface area contributed by atoms with Crippen molar-refractivity contribution in [3.8, 4) is 0 Å². The minimum atomic E-state index is -0.198. The fraction of sp³-hybridized carbons (Fsp3) is 0.444. The molecule has 6 nitrogen and oxygen atoms in total. The molecule has 0 bridgehead atoms. The Labute approximate surface area is 141 Å². The number of nitrogens with zero attached hydrogens (tertiary/aromatic N) is 2. The van der Waals surface area contributed by atoms with Gasteiger partial charge in [0, 0.05) is 31.6 Å². The van der Waals surface area contributed by atoms with Crippen molar-refractivity contribution in [3.63, 3.8) is 0 Å². The quantitative estimate of drug-likeness (QED) is 0.933. The van der Waals surface area contributed by atoms with Crippen LogP contribution >= 0.6 is 0 Å². The molecule has 128 valence electrons. The Morgan fingerprint density at radius 1 is 1.33 bits per heavy atom. The number of aromatic nitrogens is 1. The van der Waals surface area contributed by atoms with Gasteiger partial charge in [-0.05, 0) is 51.0 Å². The second-order valence-corrected chi connectivity index (χ2v) is 6.15. The van der Waals surface area contributed by atoms with E-state index in [9.17, 15) is 4.79 Å². The van der Waals surface area contributed by atoms with Gasteiger partial charge in [-0.3, -0.25) is 4.79 Å². The van der Waals surface area contributed by atoms with Crippen LogP contribution in [0.1, 0.15) is 34.7 Å². The summed E-state index contributed by atoms with van der Waals surface area (Å²) in [5.74, 6) is 0.331. The predicted molar refractivity (Wildman–Crippen MR) is 92.6 cm³/mol. The molecule has 1 N–H and O–H groups in total. The van der Waals surface area contributed by atoms with Crippen molar-refractivity contribution in [3.05, 3.63) is 41.3 Å². The third-order valence-corrected chi connectivity index (χ3v) is 4.46. The SMILES string of the molecule is COC1CCCN(c2ccc(NC(=O)c3c(C)noc3C)cc2)C1. The number of hydrogen-bond donors (Lipinski definition) is 1. The zero-order valence-corrected chi connectivity index (χ0v) is 14.3. The lowest BCUT2D eigenvalue weighted by atomic mass is 10.1. The molecular weight excluding hydrogens is 306 g/mol. The number of anilines is 2. The molecule has 3 rings (SSSR count). The highest BCUT2D eigenvalue weighted by molar-refractivity contribution is 6.05. The van der Waals surface area contributed by atoms with Crippen LogP contribution in [0.5, 0.6) is 0 Å². The van der Waals surface area contributed by atoms with Crippen molar-refractivity contribution in [2.45, 2.75) is 32.8 Å². The maximum absolute atomic E-state index is 12.3. The Bertz CT molecular complexity index is 689. The number of methoxy groups -OCH3 is 1. The van der Waals surface area contributed by atoms with Crippen molar-refractivity contribution < 1.29 is 14.1 Å². The van der Waals surface area contributed by atoms with E-state index in [1.807, 2.05) is 24.3 Å². The summed E-state index contributed by atoms with van der Waals surface area (Å²) in [6.45, 7) is 5.43. The zero-order chi connectivity index (χ0) is 17.1. The summed E-state index contributed by atoms with van der Waals surface area (Å²) in [4.78, 5) is 14.7. The van der Waals surface area contributed by atoms with Gasteiger partial charge in [0.05, 0.1) is 11.8 Å². The van der Waals surface area contributed by atoms with Crippen molar-refractivity contribution in [2.75, 3.05) is 30.4 Å². The fourth-order valence-electron chi connectivity index (χ4n) is 3.12. The maximum Gasteiger partial charge on any atom is 0.261 e. The number of rotatable bonds is 4. The van der Waals surface area contributed by atoms with Gasteiger partial charge in [0.1, 0.15) is 11.3 Å². The van der Waals surface area contributed by atoms with E-state index >= 15 is 0 Å². The summed E-state index contributed by atoms with van der Waals surface area (Å²) >= 11 is 0. The number of piperidine rings is 1. The zero-order valence-electron chi connectivity index (χ0n) is 14.3. The van der Waals surface area contributed by atoms with Crippen LogP contribution in [0.2, 0.25) is 0 Å². The monoisotopic (exact) mass is 329 g/mol. The molecule has 1 fully saturated rings. The van der Waals surface area contributed by atoms with Gasteiger partial charge < -0.3 is 19.5 Å². The fourth-order valence-corrected chi connectivity index (χ4v) is 3.12. The number of hydrogen-bond acceptors (Lipinski definition) is 5. The van der Waals surface area contributed by atoms with E-state index < -0.39 is 0 Å². The van der Waals surface area contributed by atoms with E-state index in [4.69, 9.17) is 9.26 Å². The van der Waals surface area contributed by atoms with Gasteiger partial charge in [0.2, 0.25) is 0 Å². The summed E-state index contributed by atoms with van der Waals surface area (Å²) in [5.41, 5.74) is 3.00. The van der Waals surface area contributed by atoms with Crippen LogP contribution in [0.3, 0.4) is 0 Å². The Kier molecular flexibility index (Phi) is 4.85. The molecule has 1 atom stereocenters. The minimum Gasteiger partial charge on any atom is -0.380 e. The van der Waals surface area contributed by atoms with Gasteiger partial charge >= 0.3 is 0 Å². The van der Waals surface area contributed by atoms with Crippen LogP contribution in [-0.2, 0) is 4.74 Å². The molecule has 24 heavy (non-hydrogen) atoms. The average molecular weight is 329 g/mol. The molecule has 1 saturated heterocycles. The van der Waals surface area contributed by atoms with Gasteiger partial charge in [-0.2, -0.15) is 0 Å². The first-order chi connectivity index (χ1) is 11.6. The van der Waals surface area contributed by atoms with Crippen LogP contribution in [0.25, 0.3) is 0 Å². The first-order valence-corrected chi connectivity index (χ1v) is 8.20. The van der Waals surface area contributed by atoms with Crippen molar-refractivity contribution >= 4 is 17.3 Å². The summed E-state index contributed by atoms with van der Waals surface area (Å²) in [6, 6.07) is 7.89. The van der Waals surface area contributed by atoms with E-state index in [0.29, 0.717) is 17.0 Å². The number of nitrogens with one attached hydrogen (secondary N) is 1. The number of aryl methyl sites for hydroxylation is 2. The Hall–Kier alpha value is -2.34. The molecule has 6 heteroatoms. The summed E-state index contributed by atoms with van der Waals surface area (Å²) < 4.78 is 10.5. The number of carbonyl (C=O) groups excluding carboxylic acids is 1. The highest BCUT2D eigenvalue weighted by Crippen LogP contribution is 2.23. The average Bonchev–Trinajstić information content (AvgIpc) is 2.94. The molecule has 1 aromatic carbocycles. The second-order valence-electron chi connectivity index (χ2n) is 6.15. The highest BCUT2D eigenvalue weighted by Gasteiger charge is 2.20. The Morgan fingerprint density at radius 2 is 2.08 bits per heavy atom. The smallest absolute Gasteiger partial charge is 0.261 e. The van der Waals surface area contributed by atoms with E-state index in [0.717, 1.165) is 37.3 Å². The van der Waals surface area contributed by atoms with Crippen LogP contribution in [0.4, 0.5) is 11.4 Å². The lowest BCUT2D eigenvalue weighted by Crippen LogP contribution is -2.39. The van der Waals surface area contributed by atoms with Crippen molar-refractivity contribution in [1.82, 2.24) is 5.16 Å². The second kappa shape index (κ2) is 7.05. The van der Waals surface area contributed by atoms with Gasteiger partial charge in [0.25, 0.3) is 5.91 Å². The first kappa shape index (κ1) is 16.5. The number of carbonyl (C=O) groups is 1. The lowest BCUT2D eigenvalue weighted by molar-refractivity contribution is 0.0893. The van der Waals surface area contributed by atoms with Gasteiger partial charge in [-0.15, -0.1) is 0 Å². The van der Waals surface area contributed by atoms with E-state index in [-0.39, 0.29) is 12.0 Å². The van der Waals surface area contributed by atoms with Crippen molar-refractivity contribution in [2.24, 2.45) is 0 Å². The molecule has 2 heterocycles. The standard InChI is InChI=1S/C18H23N3O3/c1-12-17(13(2)24-20-12)18(22)19-14-6-8-15(9-7-14)21-10-4-5-16(11-21)23-3/h6-9,16H,4-5,10-11H2,1-3H3,(H,19,22). The largest absolute Gasteiger partial charge is 0.380 e. The van der Waals surface area contributed by atoms with Crippen LogP contribution in [0.15, 0.2) is 28.8 Å². The molecular formula is C18H23N3O3. The van der Waals surface area contributed by atoms with Crippen LogP contribution in [-0.4, -0.2) is 37.4 Å². The number of ether oxygens (including phenoxy) is 1. The molecule has 1 amide bonds.